The van der Waals surface area contributed by atoms with Gasteiger partial charge in [-0.1, -0.05) is 92.6 Å². The van der Waals surface area contributed by atoms with Crippen molar-refractivity contribution in [2.45, 2.75) is 43.9 Å². The number of aliphatic hydroxyl groups is 1. The summed E-state index contributed by atoms with van der Waals surface area (Å²) in [6, 6.07) is 27.1. The number of nitrogens with zero attached hydrogens (tertiary/aromatic N) is 1. The number of terminal acetylenes is 1. The van der Waals surface area contributed by atoms with E-state index in [0.717, 1.165) is 18.1 Å². The van der Waals surface area contributed by atoms with Gasteiger partial charge in [0.25, 0.3) is 0 Å². The maximum absolute atomic E-state index is 13.9. The molecular weight excluding hydrogens is 540 g/mol. The molecule has 1 heterocycles. The van der Waals surface area contributed by atoms with Crippen molar-refractivity contribution in [3.8, 4) is 29.2 Å². The molecule has 3 atom stereocenters. The molecule has 4 rings (SSSR count). The SMILES string of the molecule is C#CC(C(=O)Oc1c(-c2ccc(F)cc2)cc(C(c2ccccc2)c2ccccc2)nc1C(C)C)(C(C)O)[PH](=O)O. The zero-order valence-corrected chi connectivity index (χ0v) is 23.9. The largest absolute Gasteiger partial charge is 0.422 e. The number of esters is 1. The lowest BCUT2D eigenvalue weighted by Crippen LogP contribution is -2.46. The van der Waals surface area contributed by atoms with Crippen molar-refractivity contribution in [2.24, 2.45) is 0 Å². The molecule has 4 aromatic rings. The molecule has 0 fully saturated rings. The third-order valence-electron chi connectivity index (χ3n) is 6.99. The highest BCUT2D eigenvalue weighted by Crippen LogP contribution is 2.44. The average molecular weight is 572 g/mol. The molecule has 2 N–H and O–H groups in total. The van der Waals surface area contributed by atoms with E-state index in [1.807, 2.05) is 80.4 Å². The summed E-state index contributed by atoms with van der Waals surface area (Å²) in [6.07, 6.45) is 3.85. The highest BCUT2D eigenvalue weighted by molar-refractivity contribution is 7.42. The second-order valence-corrected chi connectivity index (χ2v) is 11.4. The topological polar surface area (TPSA) is 96.7 Å². The van der Waals surface area contributed by atoms with E-state index in [-0.39, 0.29) is 17.6 Å². The van der Waals surface area contributed by atoms with Crippen LogP contribution in [-0.4, -0.2) is 32.2 Å². The van der Waals surface area contributed by atoms with Crippen LogP contribution in [0, 0.1) is 18.2 Å². The van der Waals surface area contributed by atoms with Crippen LogP contribution in [0.3, 0.4) is 0 Å². The molecule has 0 bridgehead atoms. The Morgan fingerprint density at radius 1 is 0.976 bits per heavy atom. The summed E-state index contributed by atoms with van der Waals surface area (Å²) >= 11 is 0. The number of pyridine rings is 1. The Labute approximate surface area is 239 Å². The van der Waals surface area contributed by atoms with Crippen LogP contribution in [0.2, 0.25) is 0 Å². The molecule has 41 heavy (non-hydrogen) atoms. The summed E-state index contributed by atoms with van der Waals surface area (Å²) in [6.45, 7) is 4.90. The fraction of sp³-hybridized carbons (Fsp3) is 0.212. The molecule has 8 heteroatoms. The quantitative estimate of drug-likeness (QED) is 0.139. The number of rotatable bonds is 9. The molecule has 6 nitrogen and oxygen atoms in total. The van der Waals surface area contributed by atoms with Crippen molar-refractivity contribution in [3.63, 3.8) is 0 Å². The van der Waals surface area contributed by atoms with E-state index in [1.54, 1.807) is 18.2 Å². The molecule has 0 saturated carbocycles. The third-order valence-corrected chi connectivity index (χ3v) is 8.43. The maximum atomic E-state index is 13.9. The predicted octanol–water partition coefficient (Wildman–Crippen LogP) is 6.32. The first-order chi connectivity index (χ1) is 19.6. The van der Waals surface area contributed by atoms with Gasteiger partial charge in [0.15, 0.2) is 5.75 Å². The lowest BCUT2D eigenvalue weighted by molar-refractivity contribution is -0.138. The Morgan fingerprint density at radius 3 is 1.95 bits per heavy atom. The third kappa shape index (κ3) is 6.01. The van der Waals surface area contributed by atoms with Crippen molar-refractivity contribution in [1.82, 2.24) is 4.98 Å². The zero-order chi connectivity index (χ0) is 29.7. The van der Waals surface area contributed by atoms with Gasteiger partial charge >= 0.3 is 5.97 Å². The van der Waals surface area contributed by atoms with Crippen LogP contribution in [0.1, 0.15) is 55.1 Å². The van der Waals surface area contributed by atoms with Gasteiger partial charge in [-0.25, -0.2) is 9.18 Å². The summed E-state index contributed by atoms with van der Waals surface area (Å²) in [5, 5.41) is 7.85. The zero-order valence-electron chi connectivity index (χ0n) is 22.9. The average Bonchev–Trinajstić information content (AvgIpc) is 2.95. The van der Waals surface area contributed by atoms with Crippen LogP contribution in [0.5, 0.6) is 5.75 Å². The standard InChI is InChI=1S/C33H31FNO5P/c1-5-33(22(4)36,41(38)39)32(37)40-31-27(23-16-18-26(34)19-17-23)20-28(35-30(31)21(2)3)29(24-12-8-6-9-13-24)25-14-10-7-11-15-25/h1,6-22,29,36,41H,2-4H3,(H,38,39). The van der Waals surface area contributed by atoms with Gasteiger partial charge in [0.1, 0.15) is 5.82 Å². The second kappa shape index (κ2) is 12.6. The number of hydrogen-bond donors (Lipinski definition) is 2. The van der Waals surface area contributed by atoms with Gasteiger partial charge in [-0.2, -0.15) is 0 Å². The summed E-state index contributed by atoms with van der Waals surface area (Å²) in [4.78, 5) is 28.5. The first-order valence-corrected chi connectivity index (χ1v) is 14.5. The fourth-order valence-electron chi connectivity index (χ4n) is 4.74. The van der Waals surface area contributed by atoms with Crippen molar-refractivity contribution >= 4 is 14.0 Å². The van der Waals surface area contributed by atoms with Crippen molar-refractivity contribution in [3.05, 3.63) is 119 Å². The molecule has 3 aromatic carbocycles. The van der Waals surface area contributed by atoms with Crippen LogP contribution < -0.4 is 4.74 Å². The van der Waals surface area contributed by atoms with E-state index in [1.165, 1.54) is 12.1 Å². The Hall–Kier alpha value is -4.08. The molecule has 3 unspecified atom stereocenters. The number of carbonyl (C=O) groups excluding carboxylic acids is 1. The van der Waals surface area contributed by atoms with E-state index >= 15 is 0 Å². The summed E-state index contributed by atoms with van der Waals surface area (Å²) < 4.78 is 32.1. The van der Waals surface area contributed by atoms with Crippen LogP contribution in [0.4, 0.5) is 4.39 Å². The van der Waals surface area contributed by atoms with Gasteiger partial charge in [-0.05, 0) is 47.7 Å². The van der Waals surface area contributed by atoms with Crippen molar-refractivity contribution in [2.75, 3.05) is 0 Å². The van der Waals surface area contributed by atoms with Gasteiger partial charge in [0.2, 0.25) is 13.2 Å². The summed E-state index contributed by atoms with van der Waals surface area (Å²) in [5.74, 6) is -0.238. The van der Waals surface area contributed by atoms with Gasteiger partial charge < -0.3 is 14.7 Å². The maximum Gasteiger partial charge on any atom is 0.342 e. The van der Waals surface area contributed by atoms with E-state index in [4.69, 9.17) is 16.1 Å². The van der Waals surface area contributed by atoms with E-state index in [2.05, 4.69) is 0 Å². The fourth-order valence-corrected chi connectivity index (χ4v) is 5.45. The van der Waals surface area contributed by atoms with E-state index in [9.17, 15) is 23.7 Å². The number of ether oxygens (including phenoxy) is 1. The van der Waals surface area contributed by atoms with E-state index in [0.29, 0.717) is 22.5 Å². The molecule has 210 valence electrons. The molecular formula is C33H31FNO5P. The number of hydrogen-bond acceptors (Lipinski definition) is 5. The molecule has 0 aliphatic rings. The van der Waals surface area contributed by atoms with Gasteiger partial charge in [-0.15, -0.1) is 6.42 Å². The first-order valence-electron chi connectivity index (χ1n) is 13.1. The highest BCUT2D eigenvalue weighted by atomic mass is 31.1. The molecule has 0 saturated heterocycles. The van der Waals surface area contributed by atoms with Crippen LogP contribution >= 0.6 is 8.03 Å². The van der Waals surface area contributed by atoms with Gasteiger partial charge in [0.05, 0.1) is 23.4 Å². The minimum absolute atomic E-state index is 0.0174. The second-order valence-electron chi connectivity index (χ2n) is 10.0. The van der Waals surface area contributed by atoms with E-state index < -0.39 is 31.1 Å². The van der Waals surface area contributed by atoms with Crippen LogP contribution in [0.25, 0.3) is 11.1 Å². The Balaban J connectivity index is 2.01. The Kier molecular flexibility index (Phi) is 9.20. The molecule has 0 radical (unpaired) electrons. The summed E-state index contributed by atoms with van der Waals surface area (Å²) in [7, 11) is -3.79. The monoisotopic (exact) mass is 571 g/mol. The van der Waals surface area contributed by atoms with Crippen molar-refractivity contribution < 1.29 is 28.5 Å². The first kappa shape index (κ1) is 29.9. The highest BCUT2D eigenvalue weighted by Gasteiger charge is 2.49. The minimum atomic E-state index is -3.79. The Morgan fingerprint density at radius 2 is 1.51 bits per heavy atom. The Bertz CT molecular complexity index is 1540. The minimum Gasteiger partial charge on any atom is -0.422 e. The molecule has 0 amide bonds. The number of halogens is 1. The number of carbonyl (C=O) groups is 1. The molecule has 0 spiro atoms. The van der Waals surface area contributed by atoms with Gasteiger partial charge in [-0.3, -0.25) is 9.55 Å². The van der Waals surface area contributed by atoms with Crippen LogP contribution in [0.15, 0.2) is 91.0 Å². The predicted molar refractivity (Wildman–Crippen MR) is 158 cm³/mol. The summed E-state index contributed by atoms with van der Waals surface area (Å²) in [5.41, 5.74) is 3.95. The number of benzene rings is 3. The van der Waals surface area contributed by atoms with Crippen LogP contribution in [-0.2, 0) is 9.36 Å². The van der Waals surface area contributed by atoms with Crippen molar-refractivity contribution in [1.29, 1.82) is 0 Å². The normalized spacial score (nSPS) is 14.2. The lowest BCUT2D eigenvalue weighted by Gasteiger charge is -2.28. The lowest BCUT2D eigenvalue weighted by atomic mass is 9.86. The number of aromatic nitrogens is 1. The molecule has 0 aliphatic heterocycles. The molecule has 1 aromatic heterocycles. The number of aliphatic hydroxyl groups excluding tert-OH is 1. The van der Waals surface area contributed by atoms with Gasteiger partial charge in [0, 0.05) is 5.56 Å². The smallest absolute Gasteiger partial charge is 0.342 e. The molecule has 0 aliphatic carbocycles.